The summed E-state index contributed by atoms with van der Waals surface area (Å²) in [5, 5.41) is 3.02. The third kappa shape index (κ3) is 2.54. The monoisotopic (exact) mass is 210 g/mol. The van der Waals surface area contributed by atoms with Crippen LogP contribution in [0.4, 0.5) is 8.78 Å². The lowest BCUT2D eigenvalue weighted by Gasteiger charge is -2.36. The molecule has 0 saturated carbocycles. The van der Waals surface area contributed by atoms with Gasteiger partial charge in [-0.25, -0.2) is 8.78 Å². The van der Waals surface area contributed by atoms with E-state index in [1.807, 2.05) is 6.26 Å². The average molecular weight is 210 g/mol. The highest BCUT2D eigenvalue weighted by Gasteiger charge is 2.46. The van der Waals surface area contributed by atoms with Gasteiger partial charge in [-0.2, -0.15) is 0 Å². The first kappa shape index (κ1) is 11.2. The van der Waals surface area contributed by atoms with Gasteiger partial charge in [0, 0.05) is 31.5 Å². The highest BCUT2D eigenvalue weighted by atomic mass is 32.2. The summed E-state index contributed by atoms with van der Waals surface area (Å²) in [5.41, 5.74) is 0. The van der Waals surface area contributed by atoms with Gasteiger partial charge in [0.2, 0.25) is 0 Å². The minimum atomic E-state index is -2.53. The van der Waals surface area contributed by atoms with Crippen molar-refractivity contribution in [2.75, 3.05) is 25.9 Å². The summed E-state index contributed by atoms with van der Waals surface area (Å²) in [6.45, 7) is 2.79. The molecule has 0 amide bonds. The summed E-state index contributed by atoms with van der Waals surface area (Å²) in [6, 6.07) is 0. The van der Waals surface area contributed by atoms with E-state index < -0.39 is 17.8 Å². The predicted octanol–water partition coefficient (Wildman–Crippen LogP) is 1.34. The Hall–Kier alpha value is 0.130. The fourth-order valence-corrected chi connectivity index (χ4v) is 1.91. The molecule has 0 aliphatic carbocycles. The lowest BCUT2D eigenvalue weighted by Crippen LogP contribution is -2.53. The van der Waals surface area contributed by atoms with E-state index in [2.05, 4.69) is 10.0 Å². The maximum Gasteiger partial charge on any atom is 0.257 e. The van der Waals surface area contributed by atoms with Gasteiger partial charge in [0.05, 0.1) is 0 Å². The Balaban J connectivity index is 2.50. The predicted molar refractivity (Wildman–Crippen MR) is 52.0 cm³/mol. The SMILES string of the molecule is CSNCC1CNCC(C)C1(F)F. The van der Waals surface area contributed by atoms with Crippen molar-refractivity contribution in [3.8, 4) is 0 Å². The molecule has 0 bridgehead atoms. The van der Waals surface area contributed by atoms with Crippen molar-refractivity contribution >= 4 is 11.9 Å². The second-order valence-corrected chi connectivity index (χ2v) is 4.18. The summed E-state index contributed by atoms with van der Waals surface area (Å²) in [7, 11) is 0. The highest BCUT2D eigenvalue weighted by Crippen LogP contribution is 2.34. The number of hydrogen-bond acceptors (Lipinski definition) is 3. The number of hydrogen-bond donors (Lipinski definition) is 2. The molecule has 78 valence electrons. The Labute approximate surface area is 82.0 Å². The lowest BCUT2D eigenvalue weighted by molar-refractivity contribution is -0.114. The van der Waals surface area contributed by atoms with Gasteiger partial charge in [0.1, 0.15) is 0 Å². The minimum Gasteiger partial charge on any atom is -0.316 e. The van der Waals surface area contributed by atoms with Crippen molar-refractivity contribution < 1.29 is 8.78 Å². The summed E-state index contributed by atoms with van der Waals surface area (Å²) in [5.74, 6) is -3.67. The topological polar surface area (TPSA) is 24.1 Å². The van der Waals surface area contributed by atoms with E-state index in [0.29, 0.717) is 19.6 Å². The number of halogens is 2. The minimum absolute atomic E-state index is 0.367. The Morgan fingerprint density at radius 1 is 1.54 bits per heavy atom. The molecule has 2 nitrogen and oxygen atoms in total. The Kier molecular flexibility index (Phi) is 3.94. The molecule has 5 heteroatoms. The first-order valence-electron chi connectivity index (χ1n) is 4.43. The molecule has 0 aromatic carbocycles. The molecule has 2 N–H and O–H groups in total. The maximum absolute atomic E-state index is 13.5. The number of rotatable bonds is 3. The fraction of sp³-hybridized carbons (Fsp3) is 1.00. The molecular weight excluding hydrogens is 194 g/mol. The zero-order valence-corrected chi connectivity index (χ0v) is 8.76. The third-order valence-corrected chi connectivity index (χ3v) is 2.97. The van der Waals surface area contributed by atoms with Crippen molar-refractivity contribution in [1.82, 2.24) is 10.0 Å². The Bertz CT molecular complexity index is 166. The maximum atomic E-state index is 13.5. The molecule has 0 aromatic rings. The molecule has 2 unspecified atom stereocenters. The second kappa shape index (κ2) is 4.57. The Morgan fingerprint density at radius 3 is 2.85 bits per heavy atom. The van der Waals surface area contributed by atoms with Crippen LogP contribution < -0.4 is 10.0 Å². The lowest BCUT2D eigenvalue weighted by atomic mass is 9.87. The van der Waals surface area contributed by atoms with Gasteiger partial charge in [-0.3, -0.25) is 4.72 Å². The standard InChI is InChI=1S/C8H16F2N2S/c1-6-3-11-4-7(5-12-13-2)8(6,9)10/h6-7,11-12H,3-5H2,1-2H3. The van der Waals surface area contributed by atoms with Crippen LogP contribution in [-0.2, 0) is 0 Å². The van der Waals surface area contributed by atoms with Crippen LogP contribution in [0.3, 0.4) is 0 Å². The normalized spacial score (nSPS) is 33.2. The molecule has 0 radical (unpaired) electrons. The zero-order valence-electron chi connectivity index (χ0n) is 7.94. The molecular formula is C8H16F2N2S. The summed E-state index contributed by atoms with van der Waals surface area (Å²) < 4.78 is 29.9. The summed E-state index contributed by atoms with van der Waals surface area (Å²) >= 11 is 1.39. The molecule has 1 aliphatic heterocycles. The second-order valence-electron chi connectivity index (χ2n) is 3.48. The van der Waals surface area contributed by atoms with Crippen LogP contribution >= 0.6 is 11.9 Å². The van der Waals surface area contributed by atoms with Gasteiger partial charge in [0.25, 0.3) is 5.92 Å². The van der Waals surface area contributed by atoms with Gasteiger partial charge in [0.15, 0.2) is 0 Å². The van der Waals surface area contributed by atoms with Gasteiger partial charge < -0.3 is 5.32 Å². The van der Waals surface area contributed by atoms with Crippen LogP contribution in [0.5, 0.6) is 0 Å². The molecule has 1 saturated heterocycles. The molecule has 1 rings (SSSR count). The quantitative estimate of drug-likeness (QED) is 0.687. The molecule has 1 aliphatic rings. The van der Waals surface area contributed by atoms with E-state index >= 15 is 0 Å². The number of alkyl halides is 2. The number of piperidine rings is 1. The first-order chi connectivity index (χ1) is 6.09. The van der Waals surface area contributed by atoms with E-state index in [-0.39, 0.29) is 0 Å². The van der Waals surface area contributed by atoms with E-state index in [1.165, 1.54) is 11.9 Å². The average Bonchev–Trinajstić information content (AvgIpc) is 2.08. The molecule has 1 fully saturated rings. The van der Waals surface area contributed by atoms with Crippen molar-refractivity contribution in [1.29, 1.82) is 0 Å². The Morgan fingerprint density at radius 2 is 2.23 bits per heavy atom. The van der Waals surface area contributed by atoms with Crippen molar-refractivity contribution in [2.45, 2.75) is 12.8 Å². The largest absolute Gasteiger partial charge is 0.316 e. The van der Waals surface area contributed by atoms with Crippen LogP contribution in [0, 0.1) is 11.8 Å². The third-order valence-electron chi connectivity index (χ3n) is 2.52. The zero-order chi connectivity index (χ0) is 9.90. The first-order valence-corrected chi connectivity index (χ1v) is 5.66. The van der Waals surface area contributed by atoms with Crippen molar-refractivity contribution in [2.24, 2.45) is 11.8 Å². The van der Waals surface area contributed by atoms with E-state index in [9.17, 15) is 8.78 Å². The van der Waals surface area contributed by atoms with E-state index in [1.54, 1.807) is 6.92 Å². The highest BCUT2D eigenvalue weighted by molar-refractivity contribution is 7.96. The van der Waals surface area contributed by atoms with Crippen LogP contribution in [0.2, 0.25) is 0 Å². The molecule has 13 heavy (non-hydrogen) atoms. The van der Waals surface area contributed by atoms with Gasteiger partial charge in [-0.1, -0.05) is 18.9 Å². The van der Waals surface area contributed by atoms with Crippen LogP contribution in [0.15, 0.2) is 0 Å². The van der Waals surface area contributed by atoms with Crippen molar-refractivity contribution in [3.05, 3.63) is 0 Å². The van der Waals surface area contributed by atoms with E-state index in [4.69, 9.17) is 0 Å². The number of nitrogens with one attached hydrogen (secondary N) is 2. The van der Waals surface area contributed by atoms with Crippen LogP contribution in [0.1, 0.15) is 6.92 Å². The van der Waals surface area contributed by atoms with Gasteiger partial charge in [-0.05, 0) is 6.26 Å². The molecule has 0 aromatic heterocycles. The summed E-state index contributed by atoms with van der Waals surface area (Å²) in [4.78, 5) is 0. The smallest absolute Gasteiger partial charge is 0.257 e. The van der Waals surface area contributed by atoms with Gasteiger partial charge >= 0.3 is 0 Å². The fourth-order valence-electron chi connectivity index (χ4n) is 1.54. The molecule has 0 spiro atoms. The van der Waals surface area contributed by atoms with E-state index in [0.717, 1.165) is 0 Å². The summed E-state index contributed by atoms with van der Waals surface area (Å²) in [6.07, 6.45) is 1.85. The molecule has 1 heterocycles. The van der Waals surface area contributed by atoms with Gasteiger partial charge in [-0.15, -0.1) is 0 Å². The van der Waals surface area contributed by atoms with Crippen molar-refractivity contribution in [3.63, 3.8) is 0 Å². The van der Waals surface area contributed by atoms with Crippen LogP contribution in [-0.4, -0.2) is 31.8 Å². The van der Waals surface area contributed by atoms with Crippen LogP contribution in [0.25, 0.3) is 0 Å². The molecule has 2 atom stereocenters.